The van der Waals surface area contributed by atoms with Gasteiger partial charge in [-0.2, -0.15) is 10.1 Å². The number of nitrogens with zero attached hydrogens (tertiary/aromatic N) is 8. The number of fused-ring (bicyclic) bond motifs is 1. The van der Waals surface area contributed by atoms with E-state index >= 15 is 0 Å². The van der Waals surface area contributed by atoms with Gasteiger partial charge >= 0.3 is 6.09 Å². The number of nitrogens with one attached hydrogen (secondary N) is 3. The van der Waals surface area contributed by atoms with Crippen molar-refractivity contribution < 1.29 is 9.53 Å². The second-order valence-electron chi connectivity index (χ2n) is 14.0. The van der Waals surface area contributed by atoms with Crippen molar-refractivity contribution in [1.29, 1.82) is 0 Å². The van der Waals surface area contributed by atoms with Crippen LogP contribution >= 0.6 is 0 Å². The predicted molar refractivity (Wildman–Crippen MR) is 189 cm³/mol. The highest BCUT2D eigenvalue weighted by Crippen LogP contribution is 2.28. The number of anilines is 5. The molecule has 4 aromatic heterocycles. The molecule has 13 nitrogen and oxygen atoms in total. The van der Waals surface area contributed by atoms with Crippen LogP contribution in [0.25, 0.3) is 11.0 Å². The van der Waals surface area contributed by atoms with Crippen molar-refractivity contribution in [2.75, 3.05) is 48.3 Å². The number of amides is 1. The summed E-state index contributed by atoms with van der Waals surface area (Å²) in [7, 11) is 1.88. The molecule has 1 aliphatic carbocycles. The second-order valence-corrected chi connectivity index (χ2v) is 14.0. The molecule has 0 unspecified atom stereocenters. The summed E-state index contributed by atoms with van der Waals surface area (Å²) in [4.78, 5) is 34.9. The summed E-state index contributed by atoms with van der Waals surface area (Å²) in [5.41, 5.74) is 3.93. The zero-order chi connectivity index (χ0) is 33.7. The van der Waals surface area contributed by atoms with Crippen molar-refractivity contribution in [2.24, 2.45) is 13.0 Å². The van der Waals surface area contributed by atoms with Crippen LogP contribution in [0.4, 0.5) is 33.8 Å². The Bertz CT molecular complexity index is 1690. The average molecular weight is 656 g/mol. The first kappa shape index (κ1) is 33.4. The van der Waals surface area contributed by atoms with Crippen LogP contribution in [0.2, 0.25) is 0 Å². The molecule has 0 atom stereocenters. The molecule has 1 saturated heterocycles. The molecule has 2 fully saturated rings. The number of pyridine rings is 2. The summed E-state index contributed by atoms with van der Waals surface area (Å²) in [5, 5.41) is 15.9. The van der Waals surface area contributed by atoms with Gasteiger partial charge in [0.15, 0.2) is 11.5 Å². The van der Waals surface area contributed by atoms with E-state index in [1.807, 2.05) is 53.1 Å². The fourth-order valence-corrected chi connectivity index (χ4v) is 6.35. The Morgan fingerprint density at radius 3 is 2.50 bits per heavy atom. The quantitative estimate of drug-likeness (QED) is 0.172. The van der Waals surface area contributed by atoms with Crippen LogP contribution in [0.5, 0.6) is 0 Å². The Balaban J connectivity index is 1.04. The molecule has 0 spiro atoms. The fourth-order valence-electron chi connectivity index (χ4n) is 6.35. The monoisotopic (exact) mass is 655 g/mol. The highest BCUT2D eigenvalue weighted by molar-refractivity contribution is 5.89. The number of piperazine rings is 1. The molecule has 1 saturated carbocycles. The van der Waals surface area contributed by atoms with Crippen molar-refractivity contribution >= 4 is 46.1 Å². The average Bonchev–Trinajstić information content (AvgIpc) is 3.38. The molecule has 3 N–H and O–H groups in total. The number of ether oxygens (including phenoxy) is 1. The van der Waals surface area contributed by atoms with Gasteiger partial charge in [-0.15, -0.1) is 0 Å². The van der Waals surface area contributed by atoms with Crippen LogP contribution in [0.1, 0.15) is 70.6 Å². The number of hydrogen-bond donors (Lipinski definition) is 3. The minimum Gasteiger partial charge on any atom is -0.444 e. The lowest BCUT2D eigenvalue weighted by atomic mass is 9.87. The Kier molecular flexibility index (Phi) is 10.2. The van der Waals surface area contributed by atoms with Crippen LogP contribution in [-0.2, 0) is 18.3 Å². The molecular weight excluding hydrogens is 606 g/mol. The van der Waals surface area contributed by atoms with Crippen molar-refractivity contribution in [2.45, 2.75) is 78.4 Å². The third-order valence-electron chi connectivity index (χ3n) is 9.02. The summed E-state index contributed by atoms with van der Waals surface area (Å²) in [6, 6.07) is 6.07. The molecule has 256 valence electrons. The SMILES string of the molecule is Cc1ncc(CNCCC2CCCCC2)cc1Nc1nn(C)c2nc(Nc3ccc(N4CCN(C(=O)OC(C)(C)C)CC4)nc3)ncc12. The van der Waals surface area contributed by atoms with Crippen LogP contribution in [0.15, 0.2) is 36.8 Å². The first-order chi connectivity index (χ1) is 23.1. The van der Waals surface area contributed by atoms with Gasteiger partial charge in [-0.05, 0) is 70.3 Å². The van der Waals surface area contributed by atoms with Crippen LogP contribution in [0, 0.1) is 12.8 Å². The van der Waals surface area contributed by atoms with Gasteiger partial charge in [-0.3, -0.25) is 4.98 Å². The Labute approximate surface area is 282 Å². The van der Waals surface area contributed by atoms with Crippen molar-refractivity contribution in [1.82, 2.24) is 39.9 Å². The fraction of sp³-hybridized carbons (Fsp3) is 0.543. The van der Waals surface area contributed by atoms with Crippen LogP contribution in [-0.4, -0.2) is 79.0 Å². The molecule has 4 aromatic rings. The molecule has 6 rings (SSSR count). The minimum absolute atomic E-state index is 0.271. The Morgan fingerprint density at radius 2 is 1.77 bits per heavy atom. The highest BCUT2D eigenvalue weighted by atomic mass is 16.6. The number of aryl methyl sites for hydroxylation is 2. The normalized spacial score (nSPS) is 15.9. The van der Waals surface area contributed by atoms with Gasteiger partial charge in [0.1, 0.15) is 11.4 Å². The molecule has 0 bridgehead atoms. The summed E-state index contributed by atoms with van der Waals surface area (Å²) >= 11 is 0. The smallest absolute Gasteiger partial charge is 0.410 e. The maximum absolute atomic E-state index is 12.4. The standard InChI is InChI=1S/C35H49N11O2/c1-24-29(19-26(21-37-24)20-36-14-13-25-9-7-6-8-10-25)41-31-28-23-39-33(42-32(28)44(5)43-31)40-27-11-12-30(38-22-27)45-15-17-46(18-16-45)34(47)48-35(2,3)4/h11-12,19,21-23,25,36H,6-10,13-18,20H2,1-5H3,(H,41,43)(H,39,40,42). The summed E-state index contributed by atoms with van der Waals surface area (Å²) in [6.45, 7) is 12.0. The first-order valence-corrected chi connectivity index (χ1v) is 17.2. The van der Waals surface area contributed by atoms with Crippen LogP contribution in [0.3, 0.4) is 0 Å². The zero-order valence-corrected chi connectivity index (χ0v) is 28.9. The molecule has 2 aliphatic rings. The maximum atomic E-state index is 12.4. The van der Waals surface area contributed by atoms with E-state index in [4.69, 9.17) is 14.8 Å². The van der Waals surface area contributed by atoms with Crippen molar-refractivity contribution in [3.05, 3.63) is 48.0 Å². The number of hydrogen-bond acceptors (Lipinski definition) is 11. The van der Waals surface area contributed by atoms with Gasteiger partial charge in [0.05, 0.1) is 28.7 Å². The molecule has 48 heavy (non-hydrogen) atoms. The molecule has 0 radical (unpaired) electrons. The largest absolute Gasteiger partial charge is 0.444 e. The number of carbonyl (C=O) groups is 1. The van der Waals surface area contributed by atoms with E-state index in [-0.39, 0.29) is 6.09 Å². The maximum Gasteiger partial charge on any atom is 0.410 e. The van der Waals surface area contributed by atoms with Gasteiger partial charge < -0.3 is 30.5 Å². The zero-order valence-electron chi connectivity index (χ0n) is 28.9. The van der Waals surface area contributed by atoms with Crippen LogP contribution < -0.4 is 20.9 Å². The molecule has 1 aliphatic heterocycles. The van der Waals surface area contributed by atoms with Gasteiger partial charge in [-0.1, -0.05) is 32.1 Å². The van der Waals surface area contributed by atoms with E-state index in [0.717, 1.165) is 52.8 Å². The van der Waals surface area contributed by atoms with E-state index in [1.165, 1.54) is 38.5 Å². The molecule has 5 heterocycles. The molecule has 1 amide bonds. The lowest BCUT2D eigenvalue weighted by Gasteiger charge is -2.36. The summed E-state index contributed by atoms with van der Waals surface area (Å²) < 4.78 is 7.26. The number of rotatable bonds is 10. The molecule has 0 aromatic carbocycles. The highest BCUT2D eigenvalue weighted by Gasteiger charge is 2.26. The van der Waals surface area contributed by atoms with Gasteiger partial charge in [0.25, 0.3) is 0 Å². The van der Waals surface area contributed by atoms with Gasteiger partial charge in [0.2, 0.25) is 5.95 Å². The topological polar surface area (TPSA) is 138 Å². The number of aromatic nitrogens is 6. The van der Waals surface area contributed by atoms with Crippen molar-refractivity contribution in [3.8, 4) is 0 Å². The second kappa shape index (κ2) is 14.7. The third kappa shape index (κ3) is 8.49. The predicted octanol–water partition coefficient (Wildman–Crippen LogP) is 6.07. The Morgan fingerprint density at radius 1 is 0.979 bits per heavy atom. The van der Waals surface area contributed by atoms with E-state index in [2.05, 4.69) is 41.9 Å². The lowest BCUT2D eigenvalue weighted by molar-refractivity contribution is 0.0240. The first-order valence-electron chi connectivity index (χ1n) is 17.2. The van der Waals surface area contributed by atoms with Gasteiger partial charge in [0, 0.05) is 52.2 Å². The summed E-state index contributed by atoms with van der Waals surface area (Å²) in [6.07, 6.45) is 13.4. The molecule has 13 heteroatoms. The minimum atomic E-state index is -0.503. The number of carbonyl (C=O) groups excluding carboxylic acids is 1. The van der Waals surface area contributed by atoms with E-state index in [9.17, 15) is 4.79 Å². The van der Waals surface area contributed by atoms with E-state index < -0.39 is 5.60 Å². The Hall–Kier alpha value is -4.52. The van der Waals surface area contributed by atoms with E-state index in [1.54, 1.807) is 22.0 Å². The third-order valence-corrected chi connectivity index (χ3v) is 9.02. The lowest BCUT2D eigenvalue weighted by Crippen LogP contribution is -2.50. The van der Waals surface area contributed by atoms with Crippen molar-refractivity contribution in [3.63, 3.8) is 0 Å². The van der Waals surface area contributed by atoms with Gasteiger partial charge in [-0.25, -0.2) is 19.4 Å². The molecular formula is C35H49N11O2. The van der Waals surface area contributed by atoms with E-state index in [0.29, 0.717) is 43.6 Å². The summed E-state index contributed by atoms with van der Waals surface area (Å²) in [5.74, 6) is 2.87.